The second kappa shape index (κ2) is 7.87. The van der Waals surface area contributed by atoms with Crippen LogP contribution in [-0.4, -0.2) is 56.8 Å². The van der Waals surface area contributed by atoms with Gasteiger partial charge in [0.25, 0.3) is 0 Å². The van der Waals surface area contributed by atoms with Gasteiger partial charge in [0.15, 0.2) is 0 Å². The van der Waals surface area contributed by atoms with Crippen LogP contribution in [0.25, 0.3) is 0 Å². The average molecular weight is 340 g/mol. The number of carbonyl (C=O) groups is 3. The van der Waals surface area contributed by atoms with E-state index in [1.807, 2.05) is 0 Å². The second-order valence-corrected chi connectivity index (χ2v) is 7.78. The van der Waals surface area contributed by atoms with Crippen LogP contribution in [0.1, 0.15) is 20.8 Å². The van der Waals surface area contributed by atoms with E-state index < -0.39 is 35.1 Å². The largest absolute Gasteiger partial charge is 0.480 e. The Balaban J connectivity index is 4.58. The number of nitrogens with two attached hydrogens (primary N) is 2. The topological polar surface area (TPSA) is 153 Å². The monoisotopic (exact) mass is 340 g/mol. The first-order chi connectivity index (χ1) is 9.40. The van der Waals surface area contributed by atoms with E-state index in [0.29, 0.717) is 0 Å². The highest BCUT2D eigenvalue weighted by molar-refractivity contribution is 8.76. The molecule has 0 amide bonds. The molecule has 6 N–H and O–H groups in total. The lowest BCUT2D eigenvalue weighted by atomic mass is 10.0. The Morgan fingerprint density at radius 2 is 1.71 bits per heavy atom. The summed E-state index contributed by atoms with van der Waals surface area (Å²) in [6.45, 7) is 4.79. The lowest BCUT2D eigenvalue weighted by Gasteiger charge is -2.27. The van der Waals surface area contributed by atoms with E-state index in [9.17, 15) is 14.4 Å². The Kier molecular flexibility index (Phi) is 7.51. The molecule has 0 spiro atoms. The highest BCUT2D eigenvalue weighted by atomic mass is 33.1. The van der Waals surface area contributed by atoms with Crippen LogP contribution in [0.4, 0.5) is 0 Å². The Hall–Kier alpha value is -0.970. The van der Waals surface area contributed by atoms with Gasteiger partial charge in [-0.05, 0) is 20.8 Å². The molecule has 0 bridgehead atoms. The van der Waals surface area contributed by atoms with Gasteiger partial charge < -0.3 is 26.4 Å². The highest BCUT2D eigenvalue weighted by Gasteiger charge is 2.45. The maximum Gasteiger partial charge on any atom is 0.339 e. The Labute approximate surface area is 130 Å². The second-order valence-electron chi connectivity index (χ2n) is 5.27. The number of esters is 1. The third kappa shape index (κ3) is 7.02. The third-order valence-corrected chi connectivity index (χ3v) is 4.58. The molecule has 10 heteroatoms. The van der Waals surface area contributed by atoms with Crippen molar-refractivity contribution >= 4 is 39.5 Å². The zero-order valence-electron chi connectivity index (χ0n) is 12.0. The van der Waals surface area contributed by atoms with E-state index in [2.05, 4.69) is 0 Å². The molecule has 0 aromatic rings. The summed E-state index contributed by atoms with van der Waals surface area (Å²) in [5.41, 5.74) is 7.85. The van der Waals surface area contributed by atoms with Crippen LogP contribution in [0.2, 0.25) is 0 Å². The van der Waals surface area contributed by atoms with Crippen LogP contribution in [0.3, 0.4) is 0 Å². The molecule has 0 aromatic carbocycles. The molecule has 0 aliphatic heterocycles. The number of rotatable bonds is 8. The van der Waals surface area contributed by atoms with Crippen molar-refractivity contribution in [3.63, 3.8) is 0 Å². The van der Waals surface area contributed by atoms with Gasteiger partial charge in [0.1, 0.15) is 11.6 Å². The van der Waals surface area contributed by atoms with Crippen molar-refractivity contribution in [2.75, 3.05) is 11.5 Å². The maximum atomic E-state index is 11.9. The zero-order chi connectivity index (χ0) is 16.8. The van der Waals surface area contributed by atoms with Gasteiger partial charge in [-0.1, -0.05) is 21.6 Å². The molecule has 0 aliphatic carbocycles. The molecule has 2 atom stereocenters. The fourth-order valence-electron chi connectivity index (χ4n) is 0.904. The Morgan fingerprint density at radius 1 is 1.19 bits per heavy atom. The lowest BCUT2D eigenvalue weighted by molar-refractivity contribution is -0.167. The van der Waals surface area contributed by atoms with Crippen molar-refractivity contribution in [2.24, 2.45) is 11.5 Å². The average Bonchev–Trinajstić information content (AvgIpc) is 2.31. The van der Waals surface area contributed by atoms with E-state index in [4.69, 9.17) is 26.4 Å². The molecular formula is C11H20N2O6S2. The van der Waals surface area contributed by atoms with Crippen molar-refractivity contribution < 1.29 is 29.3 Å². The first kappa shape index (κ1) is 20.0. The van der Waals surface area contributed by atoms with Crippen molar-refractivity contribution in [3.05, 3.63) is 0 Å². The molecule has 0 fully saturated rings. The minimum Gasteiger partial charge on any atom is -0.480 e. The summed E-state index contributed by atoms with van der Waals surface area (Å²) in [5.74, 6) is -3.92. The van der Waals surface area contributed by atoms with Gasteiger partial charge in [-0.3, -0.25) is 4.79 Å². The number of hydrogen-bond acceptors (Lipinski definition) is 8. The summed E-state index contributed by atoms with van der Waals surface area (Å²) in [6, 6.07) is -1.07. The molecule has 21 heavy (non-hydrogen) atoms. The summed E-state index contributed by atoms with van der Waals surface area (Å²) >= 11 is 0. The minimum absolute atomic E-state index is 0.0595. The summed E-state index contributed by atoms with van der Waals surface area (Å²) in [5, 5.41) is 17.7. The Morgan fingerprint density at radius 3 is 2.10 bits per heavy atom. The summed E-state index contributed by atoms with van der Waals surface area (Å²) in [6.07, 6.45) is 0. The molecule has 1 unspecified atom stereocenters. The van der Waals surface area contributed by atoms with Crippen LogP contribution in [-0.2, 0) is 19.1 Å². The number of carboxylic acids is 2. The van der Waals surface area contributed by atoms with Crippen LogP contribution >= 0.6 is 21.6 Å². The molecule has 0 aromatic heterocycles. The predicted molar refractivity (Wildman–Crippen MR) is 80.9 cm³/mol. The molecule has 0 saturated heterocycles. The molecule has 0 saturated carbocycles. The molecule has 0 heterocycles. The van der Waals surface area contributed by atoms with Crippen LogP contribution < -0.4 is 11.5 Å². The lowest BCUT2D eigenvalue weighted by Crippen LogP contribution is -2.59. The smallest absolute Gasteiger partial charge is 0.339 e. The number of aliphatic carboxylic acids is 2. The summed E-state index contributed by atoms with van der Waals surface area (Å²) in [7, 11) is 1.98. The van der Waals surface area contributed by atoms with Crippen LogP contribution in [0, 0.1) is 0 Å². The molecular weight excluding hydrogens is 320 g/mol. The van der Waals surface area contributed by atoms with Gasteiger partial charge in [0.2, 0.25) is 5.54 Å². The van der Waals surface area contributed by atoms with Gasteiger partial charge in [-0.25, -0.2) is 9.59 Å². The van der Waals surface area contributed by atoms with Crippen LogP contribution in [0.15, 0.2) is 0 Å². The number of ether oxygens (including phenoxy) is 1. The Bertz CT molecular complexity index is 412. The molecule has 0 aliphatic rings. The predicted octanol–water partition coefficient (Wildman–Crippen LogP) is -0.0965. The first-order valence-corrected chi connectivity index (χ1v) is 8.37. The van der Waals surface area contributed by atoms with Gasteiger partial charge in [0, 0.05) is 11.5 Å². The fourth-order valence-corrected chi connectivity index (χ4v) is 3.34. The third-order valence-electron chi connectivity index (χ3n) is 2.08. The van der Waals surface area contributed by atoms with Crippen molar-refractivity contribution in [2.45, 2.75) is 38.0 Å². The van der Waals surface area contributed by atoms with Crippen molar-refractivity contribution in [3.8, 4) is 0 Å². The quantitative estimate of drug-likeness (QED) is 0.204. The van der Waals surface area contributed by atoms with E-state index in [1.165, 1.54) is 0 Å². The van der Waals surface area contributed by atoms with E-state index >= 15 is 0 Å². The number of carbonyl (C=O) groups excluding carboxylic acids is 1. The van der Waals surface area contributed by atoms with E-state index in [-0.39, 0.29) is 11.5 Å². The number of carboxylic acid groups (broad SMARTS) is 2. The maximum absolute atomic E-state index is 11.9. The standard InChI is InChI=1S/C11H20N2O6S2/c1-10(2,3)19-9(18)11(13,8(16)17)5-21-20-4-6(12)7(14)15/h6H,4-5,12-13H2,1-3H3,(H,14,15)(H,16,17)/t6-,11?/m0/s1. The normalized spacial score (nSPS) is 15.9. The van der Waals surface area contributed by atoms with Gasteiger partial charge in [-0.2, -0.15) is 0 Å². The van der Waals surface area contributed by atoms with Gasteiger partial charge in [0.05, 0.1) is 0 Å². The van der Waals surface area contributed by atoms with Crippen molar-refractivity contribution in [1.82, 2.24) is 0 Å². The van der Waals surface area contributed by atoms with E-state index in [0.717, 1.165) is 21.6 Å². The zero-order valence-corrected chi connectivity index (χ0v) is 13.6. The highest BCUT2D eigenvalue weighted by Crippen LogP contribution is 2.27. The van der Waals surface area contributed by atoms with Crippen molar-refractivity contribution in [1.29, 1.82) is 0 Å². The van der Waals surface area contributed by atoms with Gasteiger partial charge >= 0.3 is 17.9 Å². The molecule has 8 nitrogen and oxygen atoms in total. The van der Waals surface area contributed by atoms with Gasteiger partial charge in [-0.15, -0.1) is 0 Å². The SMILES string of the molecule is CC(C)(C)OC(=O)C(N)(CSSC[C@H](N)C(=O)O)C(=O)O. The summed E-state index contributed by atoms with van der Waals surface area (Å²) < 4.78 is 4.99. The fraction of sp³-hybridized carbons (Fsp3) is 0.727. The molecule has 0 radical (unpaired) electrons. The number of hydrogen-bond donors (Lipinski definition) is 4. The van der Waals surface area contributed by atoms with E-state index in [1.54, 1.807) is 20.8 Å². The molecule has 122 valence electrons. The molecule has 0 rings (SSSR count). The van der Waals surface area contributed by atoms with Crippen LogP contribution in [0.5, 0.6) is 0 Å². The summed E-state index contributed by atoms with van der Waals surface area (Å²) in [4.78, 5) is 33.6. The first-order valence-electron chi connectivity index (χ1n) is 5.88. The minimum atomic E-state index is -2.20.